The second kappa shape index (κ2) is 9.30. The van der Waals surface area contributed by atoms with Crippen molar-refractivity contribution in [2.24, 2.45) is 0 Å². The number of nitrogens with zero attached hydrogens (tertiary/aromatic N) is 3. The molecule has 0 atom stereocenters. The van der Waals surface area contributed by atoms with Crippen molar-refractivity contribution in [2.75, 3.05) is 12.4 Å². The summed E-state index contributed by atoms with van der Waals surface area (Å²) in [6.07, 6.45) is 0. The minimum absolute atomic E-state index is 0.279. The largest absolute Gasteiger partial charge is 0.493 e. The number of hydrogen-bond acceptors (Lipinski definition) is 5. The Morgan fingerprint density at radius 1 is 0.724 bits per heavy atom. The molecule has 0 saturated carbocycles. The van der Waals surface area contributed by atoms with E-state index in [1.807, 2.05) is 60.7 Å². The monoisotopic (exact) mass is 403 g/mol. The van der Waals surface area contributed by atoms with E-state index in [0.717, 1.165) is 22.5 Å². The van der Waals surface area contributed by atoms with Crippen molar-refractivity contribution in [1.82, 2.24) is 15.2 Å². The van der Waals surface area contributed by atoms with Gasteiger partial charge in [-0.25, -0.2) is 9.37 Å². The lowest BCUT2D eigenvalue weighted by Crippen LogP contribution is -2.03. The average molecular weight is 403 g/mol. The first-order valence-corrected chi connectivity index (χ1v) is 10.1. The molecule has 0 bridgehead atoms. The summed E-state index contributed by atoms with van der Waals surface area (Å²) in [6.45, 7) is 0.459. The van der Waals surface area contributed by atoms with Crippen LogP contribution in [0.15, 0.2) is 90.1 Å². The van der Waals surface area contributed by atoms with Crippen molar-refractivity contribution < 1.29 is 9.13 Å². The van der Waals surface area contributed by atoms with Crippen molar-refractivity contribution >= 4 is 11.8 Å². The van der Waals surface area contributed by atoms with Crippen LogP contribution < -0.4 is 4.74 Å². The highest BCUT2D eigenvalue weighted by atomic mass is 32.2. The fraction of sp³-hybridized carbons (Fsp3) is 0.0870. The van der Waals surface area contributed by atoms with E-state index in [0.29, 0.717) is 23.3 Å². The number of hydrogen-bond donors (Lipinski definition) is 0. The fourth-order valence-corrected chi connectivity index (χ4v) is 3.39. The van der Waals surface area contributed by atoms with E-state index < -0.39 is 0 Å². The Hall–Kier alpha value is -3.25. The van der Waals surface area contributed by atoms with Gasteiger partial charge in [-0.15, -0.1) is 10.2 Å². The SMILES string of the molecule is Fc1ccc(OCCSc2nnc(-c3ccccc3)c(-c3ccccc3)n2)cc1. The number of halogens is 1. The van der Waals surface area contributed by atoms with E-state index in [4.69, 9.17) is 9.72 Å². The van der Waals surface area contributed by atoms with Gasteiger partial charge in [0.15, 0.2) is 0 Å². The summed E-state index contributed by atoms with van der Waals surface area (Å²) in [6, 6.07) is 25.9. The lowest BCUT2D eigenvalue weighted by Gasteiger charge is -2.10. The van der Waals surface area contributed by atoms with E-state index >= 15 is 0 Å². The minimum atomic E-state index is -0.279. The van der Waals surface area contributed by atoms with Crippen LogP contribution >= 0.6 is 11.8 Å². The molecule has 0 N–H and O–H groups in total. The standard InChI is InChI=1S/C23H18FN3OS/c24-19-11-13-20(14-12-19)28-15-16-29-23-25-21(17-7-3-1-4-8-17)22(26-27-23)18-9-5-2-6-10-18/h1-14H,15-16H2. The molecule has 0 fully saturated rings. The highest BCUT2D eigenvalue weighted by molar-refractivity contribution is 7.99. The van der Waals surface area contributed by atoms with Crippen LogP contribution in [0.2, 0.25) is 0 Å². The smallest absolute Gasteiger partial charge is 0.209 e. The van der Waals surface area contributed by atoms with Gasteiger partial charge in [0.2, 0.25) is 5.16 Å². The Bertz CT molecular complexity index is 1060. The third kappa shape index (κ3) is 4.97. The lowest BCUT2D eigenvalue weighted by molar-refractivity contribution is 0.343. The van der Waals surface area contributed by atoms with Crippen molar-refractivity contribution in [2.45, 2.75) is 5.16 Å². The van der Waals surface area contributed by atoms with Gasteiger partial charge in [0.25, 0.3) is 0 Å². The predicted molar refractivity (Wildman–Crippen MR) is 113 cm³/mol. The molecule has 0 aliphatic carbocycles. The third-order valence-corrected chi connectivity index (χ3v) is 4.96. The fourth-order valence-electron chi connectivity index (χ4n) is 2.78. The number of ether oxygens (including phenoxy) is 1. The zero-order valence-corrected chi connectivity index (χ0v) is 16.3. The van der Waals surface area contributed by atoms with Crippen LogP contribution in [0.5, 0.6) is 5.75 Å². The summed E-state index contributed by atoms with van der Waals surface area (Å²) in [5, 5.41) is 9.34. The molecule has 1 heterocycles. The van der Waals surface area contributed by atoms with Gasteiger partial charge in [-0.05, 0) is 24.3 Å². The first-order chi connectivity index (χ1) is 14.3. The summed E-state index contributed by atoms with van der Waals surface area (Å²) in [7, 11) is 0. The lowest BCUT2D eigenvalue weighted by atomic mass is 10.0. The highest BCUT2D eigenvalue weighted by Gasteiger charge is 2.13. The molecule has 0 aliphatic rings. The Kier molecular flexibility index (Phi) is 6.12. The van der Waals surface area contributed by atoms with E-state index in [1.54, 1.807) is 12.1 Å². The van der Waals surface area contributed by atoms with E-state index in [1.165, 1.54) is 23.9 Å². The third-order valence-electron chi connectivity index (χ3n) is 4.16. The van der Waals surface area contributed by atoms with Crippen LogP contribution in [-0.4, -0.2) is 27.5 Å². The summed E-state index contributed by atoms with van der Waals surface area (Å²) >= 11 is 1.47. The summed E-state index contributed by atoms with van der Waals surface area (Å²) in [5.41, 5.74) is 3.52. The van der Waals surface area contributed by atoms with Crippen LogP contribution in [0.1, 0.15) is 0 Å². The Balaban J connectivity index is 1.50. The molecule has 0 unspecified atom stereocenters. The van der Waals surface area contributed by atoms with Crippen LogP contribution in [0, 0.1) is 5.82 Å². The maximum absolute atomic E-state index is 12.9. The Morgan fingerprint density at radius 3 is 2.00 bits per heavy atom. The van der Waals surface area contributed by atoms with Gasteiger partial charge in [0.1, 0.15) is 23.0 Å². The second-order valence-corrected chi connectivity index (χ2v) is 7.24. The van der Waals surface area contributed by atoms with Crippen molar-refractivity contribution in [3.63, 3.8) is 0 Å². The van der Waals surface area contributed by atoms with E-state index in [9.17, 15) is 4.39 Å². The topological polar surface area (TPSA) is 47.9 Å². The maximum atomic E-state index is 12.9. The molecule has 4 aromatic rings. The van der Waals surface area contributed by atoms with Crippen LogP contribution in [0.25, 0.3) is 22.5 Å². The molecule has 3 aromatic carbocycles. The molecule has 0 aliphatic heterocycles. The molecule has 6 heteroatoms. The number of thioether (sulfide) groups is 1. The van der Waals surface area contributed by atoms with Gasteiger partial charge in [-0.3, -0.25) is 0 Å². The van der Waals surface area contributed by atoms with Crippen LogP contribution in [0.4, 0.5) is 4.39 Å². The van der Waals surface area contributed by atoms with E-state index in [2.05, 4.69) is 10.2 Å². The molecular weight excluding hydrogens is 385 g/mol. The van der Waals surface area contributed by atoms with E-state index in [-0.39, 0.29) is 5.82 Å². The molecule has 0 radical (unpaired) electrons. The maximum Gasteiger partial charge on any atom is 0.209 e. The first-order valence-electron chi connectivity index (χ1n) is 9.16. The quantitative estimate of drug-likeness (QED) is 0.301. The summed E-state index contributed by atoms with van der Waals surface area (Å²) < 4.78 is 18.6. The number of rotatable bonds is 7. The van der Waals surface area contributed by atoms with Crippen molar-refractivity contribution in [3.8, 4) is 28.3 Å². The molecule has 144 valence electrons. The average Bonchev–Trinajstić information content (AvgIpc) is 2.79. The van der Waals surface area contributed by atoms with Crippen LogP contribution in [0.3, 0.4) is 0 Å². The summed E-state index contributed by atoms with van der Waals surface area (Å²) in [5.74, 6) is 1.01. The Morgan fingerprint density at radius 2 is 1.34 bits per heavy atom. The van der Waals surface area contributed by atoms with Gasteiger partial charge < -0.3 is 4.74 Å². The van der Waals surface area contributed by atoms with Gasteiger partial charge in [0.05, 0.1) is 6.61 Å². The molecule has 0 amide bonds. The molecule has 29 heavy (non-hydrogen) atoms. The molecule has 1 aromatic heterocycles. The normalized spacial score (nSPS) is 10.7. The minimum Gasteiger partial charge on any atom is -0.493 e. The van der Waals surface area contributed by atoms with Gasteiger partial charge in [-0.2, -0.15) is 0 Å². The highest BCUT2D eigenvalue weighted by Crippen LogP contribution is 2.29. The number of benzene rings is 3. The van der Waals surface area contributed by atoms with Gasteiger partial charge >= 0.3 is 0 Å². The Labute approximate surface area is 172 Å². The summed E-state index contributed by atoms with van der Waals surface area (Å²) in [4.78, 5) is 4.76. The molecule has 0 saturated heterocycles. The molecule has 4 nitrogen and oxygen atoms in total. The van der Waals surface area contributed by atoms with Crippen LogP contribution in [-0.2, 0) is 0 Å². The molecule has 0 spiro atoms. The predicted octanol–water partition coefficient (Wildman–Crippen LogP) is 5.52. The first kappa shape index (κ1) is 19.1. The second-order valence-electron chi connectivity index (χ2n) is 6.17. The zero-order chi connectivity index (χ0) is 19.9. The molecule has 4 rings (SSSR count). The van der Waals surface area contributed by atoms with Gasteiger partial charge in [0, 0.05) is 16.9 Å². The van der Waals surface area contributed by atoms with Crippen molar-refractivity contribution in [3.05, 3.63) is 90.7 Å². The molecular formula is C23H18FN3OS. The number of aromatic nitrogens is 3. The van der Waals surface area contributed by atoms with Crippen molar-refractivity contribution in [1.29, 1.82) is 0 Å². The van der Waals surface area contributed by atoms with Gasteiger partial charge in [-0.1, -0.05) is 72.4 Å². The zero-order valence-electron chi connectivity index (χ0n) is 15.5.